The Bertz CT molecular complexity index is 479. The van der Waals surface area contributed by atoms with Crippen molar-refractivity contribution in [1.82, 2.24) is 4.98 Å². The predicted octanol–water partition coefficient (Wildman–Crippen LogP) is 2.77. The molecule has 0 aliphatic carbocycles. The van der Waals surface area contributed by atoms with Gasteiger partial charge in [-0.25, -0.2) is 4.98 Å². The summed E-state index contributed by atoms with van der Waals surface area (Å²) < 4.78 is 5.23. The van der Waals surface area contributed by atoms with E-state index in [1.54, 1.807) is 18.3 Å². The summed E-state index contributed by atoms with van der Waals surface area (Å²) in [4.78, 5) is 16.6. The lowest BCUT2D eigenvalue weighted by molar-refractivity contribution is 0.104. The Morgan fingerprint density at radius 3 is 2.81 bits per heavy atom. The van der Waals surface area contributed by atoms with E-state index in [9.17, 15) is 4.79 Å². The number of carbonyl (C=O) groups excluding carboxylic acids is 1. The third kappa shape index (κ3) is 2.28. The topological polar surface area (TPSA) is 39.2 Å². The van der Waals surface area contributed by atoms with Crippen molar-refractivity contribution < 1.29 is 9.53 Å². The molecule has 4 heteroatoms. The molecule has 1 aromatic carbocycles. The number of thiazole rings is 1. The van der Waals surface area contributed by atoms with Gasteiger partial charge in [0.15, 0.2) is 0 Å². The summed E-state index contributed by atoms with van der Waals surface area (Å²) in [7, 11) is 0. The van der Waals surface area contributed by atoms with Crippen LogP contribution in [0.3, 0.4) is 0 Å². The molecule has 0 amide bonds. The Morgan fingerprint density at radius 2 is 2.12 bits per heavy atom. The number of nitrogens with zero attached hydrogens (tertiary/aromatic N) is 1. The maximum absolute atomic E-state index is 12.0. The Kier molecular flexibility index (Phi) is 3.31. The first-order valence-corrected chi connectivity index (χ1v) is 5.81. The summed E-state index contributed by atoms with van der Waals surface area (Å²) in [5, 5.41) is 0.543. The van der Waals surface area contributed by atoms with Gasteiger partial charge in [-0.2, -0.15) is 0 Å². The molecule has 0 N–H and O–H groups in total. The highest BCUT2D eigenvalue weighted by Gasteiger charge is 2.12. The van der Waals surface area contributed by atoms with Crippen LogP contribution >= 0.6 is 11.3 Å². The van der Waals surface area contributed by atoms with Crippen molar-refractivity contribution in [2.75, 3.05) is 6.61 Å². The Morgan fingerprint density at radius 1 is 1.38 bits per heavy atom. The van der Waals surface area contributed by atoms with E-state index in [1.165, 1.54) is 11.3 Å². The number of ketones is 1. The Balaban J connectivity index is 2.21. The first-order valence-electron chi connectivity index (χ1n) is 4.99. The lowest BCUT2D eigenvalue weighted by Crippen LogP contribution is -1.97. The number of aromatic nitrogens is 1. The number of ether oxygens (including phenoxy) is 1. The van der Waals surface area contributed by atoms with Crippen molar-refractivity contribution in [3.8, 4) is 5.19 Å². The van der Waals surface area contributed by atoms with Crippen LogP contribution in [0.5, 0.6) is 5.19 Å². The fourth-order valence-electron chi connectivity index (χ4n) is 1.29. The van der Waals surface area contributed by atoms with E-state index in [-0.39, 0.29) is 5.78 Å². The number of benzene rings is 1. The molecule has 0 saturated carbocycles. The van der Waals surface area contributed by atoms with E-state index in [2.05, 4.69) is 4.98 Å². The predicted molar refractivity (Wildman–Crippen MR) is 63.2 cm³/mol. The molecule has 3 nitrogen and oxygen atoms in total. The lowest BCUT2D eigenvalue weighted by atomic mass is 10.1. The molecule has 16 heavy (non-hydrogen) atoms. The van der Waals surface area contributed by atoms with Crippen LogP contribution in [0.15, 0.2) is 36.5 Å². The fourth-order valence-corrected chi connectivity index (χ4v) is 2.07. The van der Waals surface area contributed by atoms with Crippen LogP contribution in [0.25, 0.3) is 0 Å². The van der Waals surface area contributed by atoms with Crippen LogP contribution in [0.1, 0.15) is 22.2 Å². The summed E-state index contributed by atoms with van der Waals surface area (Å²) in [6.07, 6.45) is 1.56. The van der Waals surface area contributed by atoms with Crippen LogP contribution < -0.4 is 4.74 Å². The summed E-state index contributed by atoms with van der Waals surface area (Å²) in [5.74, 6) is -0.0101. The maximum atomic E-state index is 12.0. The van der Waals surface area contributed by atoms with Crippen molar-refractivity contribution in [1.29, 1.82) is 0 Å². The van der Waals surface area contributed by atoms with Crippen molar-refractivity contribution in [3.05, 3.63) is 47.0 Å². The second-order valence-corrected chi connectivity index (χ2v) is 4.11. The summed E-state index contributed by atoms with van der Waals surface area (Å²) in [5.41, 5.74) is 0.675. The highest BCUT2D eigenvalue weighted by molar-refractivity contribution is 7.15. The molecule has 2 aromatic rings. The lowest BCUT2D eigenvalue weighted by Gasteiger charge is -1.96. The van der Waals surface area contributed by atoms with E-state index in [1.807, 2.05) is 25.1 Å². The average molecular weight is 233 g/mol. The molecular formula is C12H11NO2S. The zero-order chi connectivity index (χ0) is 11.4. The quantitative estimate of drug-likeness (QED) is 0.762. The largest absolute Gasteiger partial charge is 0.470 e. The molecule has 82 valence electrons. The number of rotatable bonds is 4. The minimum absolute atomic E-state index is 0.0101. The number of hydrogen-bond acceptors (Lipinski definition) is 4. The van der Waals surface area contributed by atoms with Crippen LogP contribution in [-0.4, -0.2) is 17.4 Å². The molecule has 0 atom stereocenters. The standard InChI is InChI=1S/C12H11NO2S/c1-2-15-12-13-8-10(16-12)11(14)9-6-4-3-5-7-9/h3-8H,2H2,1H3. The Labute approximate surface area is 97.7 Å². The number of carbonyl (C=O) groups is 1. The molecule has 1 heterocycles. The first-order chi connectivity index (χ1) is 7.81. The average Bonchev–Trinajstić information content (AvgIpc) is 2.78. The summed E-state index contributed by atoms with van der Waals surface area (Å²) in [6.45, 7) is 2.45. The second kappa shape index (κ2) is 4.90. The molecule has 0 spiro atoms. The smallest absolute Gasteiger partial charge is 0.273 e. The highest BCUT2D eigenvalue weighted by atomic mass is 32.1. The van der Waals surface area contributed by atoms with Crippen molar-refractivity contribution in [3.63, 3.8) is 0 Å². The van der Waals surface area contributed by atoms with Gasteiger partial charge in [0.1, 0.15) is 0 Å². The molecule has 0 fully saturated rings. The monoisotopic (exact) mass is 233 g/mol. The highest BCUT2D eigenvalue weighted by Crippen LogP contribution is 2.22. The molecule has 0 aliphatic rings. The van der Waals surface area contributed by atoms with Crippen LogP contribution in [0.4, 0.5) is 0 Å². The van der Waals surface area contributed by atoms with Gasteiger partial charge >= 0.3 is 0 Å². The van der Waals surface area contributed by atoms with Crippen LogP contribution in [0.2, 0.25) is 0 Å². The van der Waals surface area contributed by atoms with Gasteiger partial charge in [0.2, 0.25) is 5.78 Å². The summed E-state index contributed by atoms with van der Waals surface area (Å²) in [6, 6.07) is 9.16. The van der Waals surface area contributed by atoms with Gasteiger partial charge in [-0.05, 0) is 6.92 Å². The maximum Gasteiger partial charge on any atom is 0.273 e. The zero-order valence-electron chi connectivity index (χ0n) is 8.84. The van der Waals surface area contributed by atoms with Gasteiger partial charge in [0.25, 0.3) is 5.19 Å². The Hall–Kier alpha value is -1.68. The van der Waals surface area contributed by atoms with E-state index in [0.29, 0.717) is 22.2 Å². The third-order valence-corrected chi connectivity index (χ3v) is 2.92. The van der Waals surface area contributed by atoms with Crippen LogP contribution in [0, 0.1) is 0 Å². The minimum atomic E-state index is -0.0101. The van der Waals surface area contributed by atoms with Crippen molar-refractivity contribution >= 4 is 17.1 Å². The zero-order valence-corrected chi connectivity index (χ0v) is 9.66. The molecule has 0 radical (unpaired) electrons. The van der Waals surface area contributed by atoms with E-state index in [4.69, 9.17) is 4.74 Å². The first kappa shape index (κ1) is 10.8. The molecular weight excluding hydrogens is 222 g/mol. The number of hydrogen-bond donors (Lipinski definition) is 0. The molecule has 0 saturated heterocycles. The summed E-state index contributed by atoms with van der Waals surface area (Å²) >= 11 is 1.28. The molecule has 0 bridgehead atoms. The van der Waals surface area contributed by atoms with Gasteiger partial charge in [-0.3, -0.25) is 4.79 Å². The molecule has 2 rings (SSSR count). The third-order valence-electron chi connectivity index (χ3n) is 2.01. The van der Waals surface area contributed by atoms with E-state index < -0.39 is 0 Å². The SMILES string of the molecule is CCOc1ncc(C(=O)c2ccccc2)s1. The van der Waals surface area contributed by atoms with Crippen molar-refractivity contribution in [2.45, 2.75) is 6.92 Å². The van der Waals surface area contributed by atoms with Gasteiger partial charge < -0.3 is 4.74 Å². The van der Waals surface area contributed by atoms with Gasteiger partial charge in [0, 0.05) is 5.56 Å². The van der Waals surface area contributed by atoms with Crippen LogP contribution in [-0.2, 0) is 0 Å². The normalized spacial score (nSPS) is 10.1. The van der Waals surface area contributed by atoms with E-state index in [0.717, 1.165) is 0 Å². The van der Waals surface area contributed by atoms with Crippen molar-refractivity contribution in [2.24, 2.45) is 0 Å². The molecule has 0 unspecified atom stereocenters. The van der Waals surface area contributed by atoms with Gasteiger partial charge in [0.05, 0.1) is 17.7 Å². The second-order valence-electron chi connectivity index (χ2n) is 3.12. The fraction of sp³-hybridized carbons (Fsp3) is 0.167. The van der Waals surface area contributed by atoms with Gasteiger partial charge in [-0.15, -0.1) is 0 Å². The van der Waals surface area contributed by atoms with Gasteiger partial charge in [-0.1, -0.05) is 41.7 Å². The minimum Gasteiger partial charge on any atom is -0.470 e. The molecule has 1 aromatic heterocycles. The van der Waals surface area contributed by atoms with E-state index >= 15 is 0 Å². The molecule has 0 aliphatic heterocycles.